The number of rotatable bonds is 3. The lowest BCUT2D eigenvalue weighted by atomic mass is 9.98. The molecule has 21 heavy (non-hydrogen) atoms. The Balaban J connectivity index is 1.83. The van der Waals surface area contributed by atoms with Crippen LogP contribution in [-0.2, 0) is 0 Å². The summed E-state index contributed by atoms with van der Waals surface area (Å²) in [4.78, 5) is 0. The van der Waals surface area contributed by atoms with Crippen LogP contribution in [0.4, 0.5) is 4.39 Å². The first-order valence-electron chi connectivity index (χ1n) is 6.63. The molecule has 2 aromatic carbocycles. The number of phenolic OH excluding ortho intramolecular Hbond substituents is 1. The average Bonchev–Trinajstić information content (AvgIpc) is 2.97. The molecule has 0 saturated heterocycles. The third kappa shape index (κ3) is 2.54. The van der Waals surface area contributed by atoms with E-state index in [1.807, 2.05) is 0 Å². The van der Waals surface area contributed by atoms with Crippen LogP contribution in [0.5, 0.6) is 11.5 Å². The second kappa shape index (κ2) is 5.44. The summed E-state index contributed by atoms with van der Waals surface area (Å²) in [5, 5.41) is 14.3. The minimum Gasteiger partial charge on any atom is -0.507 e. The number of methoxy groups -OCH3 is 1. The van der Waals surface area contributed by atoms with Crippen molar-refractivity contribution >= 4 is 5.71 Å². The summed E-state index contributed by atoms with van der Waals surface area (Å²) in [6.45, 7) is 0. The molecule has 1 aliphatic heterocycles. The molecule has 0 radical (unpaired) electrons. The summed E-state index contributed by atoms with van der Waals surface area (Å²) in [5.41, 5.74) is 4.82. The fourth-order valence-electron chi connectivity index (χ4n) is 2.43. The fourth-order valence-corrected chi connectivity index (χ4v) is 2.43. The maximum Gasteiger partial charge on any atom is 0.128 e. The van der Waals surface area contributed by atoms with Crippen LogP contribution in [0.25, 0.3) is 0 Å². The molecular formula is C16H15FN2O2. The first-order chi connectivity index (χ1) is 10.2. The van der Waals surface area contributed by atoms with Gasteiger partial charge >= 0.3 is 0 Å². The Bertz CT molecular complexity index is 700. The van der Waals surface area contributed by atoms with Gasteiger partial charge in [-0.15, -0.1) is 0 Å². The first kappa shape index (κ1) is 13.4. The predicted molar refractivity (Wildman–Crippen MR) is 78.1 cm³/mol. The Labute approximate surface area is 121 Å². The lowest BCUT2D eigenvalue weighted by molar-refractivity contribution is 0.407. The normalized spacial score (nSPS) is 17.2. The van der Waals surface area contributed by atoms with Gasteiger partial charge in [-0.3, -0.25) is 0 Å². The molecule has 0 saturated carbocycles. The molecule has 3 rings (SSSR count). The van der Waals surface area contributed by atoms with E-state index in [0.717, 1.165) is 0 Å². The summed E-state index contributed by atoms with van der Waals surface area (Å²) in [7, 11) is 1.54. The van der Waals surface area contributed by atoms with E-state index in [4.69, 9.17) is 4.74 Å². The van der Waals surface area contributed by atoms with Crippen molar-refractivity contribution in [1.82, 2.24) is 5.43 Å². The minimum atomic E-state index is -0.259. The molecule has 0 fully saturated rings. The maximum absolute atomic E-state index is 13.8. The number of halogens is 1. The second-order valence-electron chi connectivity index (χ2n) is 4.85. The summed E-state index contributed by atoms with van der Waals surface area (Å²) < 4.78 is 18.8. The molecule has 0 bridgehead atoms. The van der Waals surface area contributed by atoms with Crippen molar-refractivity contribution in [3.05, 3.63) is 59.4 Å². The zero-order chi connectivity index (χ0) is 14.8. The summed E-state index contributed by atoms with van der Waals surface area (Å²) in [5.74, 6) is 0.419. The highest BCUT2D eigenvalue weighted by atomic mass is 19.1. The zero-order valence-corrected chi connectivity index (χ0v) is 11.5. The van der Waals surface area contributed by atoms with E-state index < -0.39 is 0 Å². The Kier molecular flexibility index (Phi) is 3.48. The lowest BCUT2D eigenvalue weighted by Crippen LogP contribution is -2.11. The number of hydrazone groups is 1. The van der Waals surface area contributed by atoms with Gasteiger partial charge in [0.15, 0.2) is 0 Å². The van der Waals surface area contributed by atoms with Crippen LogP contribution in [0.15, 0.2) is 47.6 Å². The molecule has 1 heterocycles. The van der Waals surface area contributed by atoms with Crippen molar-refractivity contribution in [2.45, 2.75) is 12.5 Å². The van der Waals surface area contributed by atoms with Gasteiger partial charge in [-0.1, -0.05) is 18.2 Å². The fraction of sp³-hybridized carbons (Fsp3) is 0.188. The summed E-state index contributed by atoms with van der Waals surface area (Å²) in [6.07, 6.45) is 0.515. The van der Waals surface area contributed by atoms with Gasteiger partial charge in [0.05, 0.1) is 18.9 Å². The van der Waals surface area contributed by atoms with Crippen LogP contribution in [0.3, 0.4) is 0 Å². The second-order valence-corrected chi connectivity index (χ2v) is 4.85. The summed E-state index contributed by atoms with van der Waals surface area (Å²) >= 11 is 0. The molecule has 5 heteroatoms. The molecule has 4 nitrogen and oxygen atoms in total. The van der Waals surface area contributed by atoms with Crippen LogP contribution in [0.2, 0.25) is 0 Å². The van der Waals surface area contributed by atoms with Crippen LogP contribution in [-0.4, -0.2) is 17.9 Å². The van der Waals surface area contributed by atoms with Crippen molar-refractivity contribution in [3.63, 3.8) is 0 Å². The number of benzene rings is 2. The van der Waals surface area contributed by atoms with Gasteiger partial charge in [0, 0.05) is 23.6 Å². The number of phenols is 1. The molecule has 2 aromatic rings. The van der Waals surface area contributed by atoms with E-state index >= 15 is 0 Å². The number of hydrogen-bond donors (Lipinski definition) is 2. The molecule has 0 spiro atoms. The first-order valence-corrected chi connectivity index (χ1v) is 6.63. The van der Waals surface area contributed by atoms with E-state index in [-0.39, 0.29) is 17.6 Å². The molecule has 1 atom stereocenters. The van der Waals surface area contributed by atoms with Gasteiger partial charge < -0.3 is 15.3 Å². The van der Waals surface area contributed by atoms with Crippen molar-refractivity contribution in [2.24, 2.45) is 5.10 Å². The molecule has 0 amide bonds. The average molecular weight is 286 g/mol. The van der Waals surface area contributed by atoms with Crippen molar-refractivity contribution in [3.8, 4) is 11.5 Å². The Morgan fingerprint density at radius 1 is 1.29 bits per heavy atom. The minimum absolute atomic E-state index is 0.101. The van der Waals surface area contributed by atoms with Gasteiger partial charge in [0.2, 0.25) is 0 Å². The monoisotopic (exact) mass is 286 g/mol. The van der Waals surface area contributed by atoms with Crippen LogP contribution in [0.1, 0.15) is 23.6 Å². The Morgan fingerprint density at radius 2 is 2.10 bits per heavy atom. The zero-order valence-electron chi connectivity index (χ0n) is 11.5. The van der Waals surface area contributed by atoms with Crippen molar-refractivity contribution in [1.29, 1.82) is 0 Å². The van der Waals surface area contributed by atoms with E-state index in [9.17, 15) is 9.50 Å². The van der Waals surface area contributed by atoms with E-state index in [2.05, 4.69) is 10.5 Å². The topological polar surface area (TPSA) is 53.8 Å². The quantitative estimate of drug-likeness (QED) is 0.912. The highest BCUT2D eigenvalue weighted by molar-refractivity contribution is 6.04. The largest absolute Gasteiger partial charge is 0.507 e. The Hall–Kier alpha value is -2.56. The van der Waals surface area contributed by atoms with Crippen molar-refractivity contribution < 1.29 is 14.2 Å². The third-order valence-corrected chi connectivity index (χ3v) is 3.55. The molecule has 2 N–H and O–H groups in total. The molecular weight excluding hydrogens is 271 g/mol. The number of aromatic hydroxyl groups is 1. The summed E-state index contributed by atoms with van der Waals surface area (Å²) in [6, 6.07) is 11.4. The van der Waals surface area contributed by atoms with E-state index in [0.29, 0.717) is 29.0 Å². The van der Waals surface area contributed by atoms with Gasteiger partial charge in [-0.05, 0) is 18.2 Å². The highest BCUT2D eigenvalue weighted by Gasteiger charge is 2.24. The number of nitrogens with zero attached hydrogens (tertiary/aromatic N) is 1. The molecule has 108 valence electrons. The van der Waals surface area contributed by atoms with Gasteiger partial charge in [-0.2, -0.15) is 5.10 Å². The lowest BCUT2D eigenvalue weighted by Gasteiger charge is -2.11. The highest BCUT2D eigenvalue weighted by Crippen LogP contribution is 2.31. The number of nitrogens with one attached hydrogen (secondary N) is 1. The van der Waals surface area contributed by atoms with E-state index in [1.165, 1.54) is 19.2 Å². The third-order valence-electron chi connectivity index (χ3n) is 3.55. The predicted octanol–water partition coefficient (Wildman–Crippen LogP) is 2.98. The molecule has 0 unspecified atom stereocenters. The van der Waals surface area contributed by atoms with Gasteiger partial charge in [0.25, 0.3) is 0 Å². The number of hydrogen-bond acceptors (Lipinski definition) is 4. The maximum atomic E-state index is 13.8. The molecule has 0 aliphatic carbocycles. The Morgan fingerprint density at radius 3 is 2.81 bits per heavy atom. The molecule has 0 aromatic heterocycles. The van der Waals surface area contributed by atoms with Gasteiger partial charge in [0.1, 0.15) is 17.3 Å². The van der Waals surface area contributed by atoms with Crippen LogP contribution >= 0.6 is 0 Å². The molecule has 1 aliphatic rings. The van der Waals surface area contributed by atoms with E-state index in [1.54, 1.807) is 30.3 Å². The van der Waals surface area contributed by atoms with Gasteiger partial charge in [-0.25, -0.2) is 4.39 Å². The van der Waals surface area contributed by atoms with Crippen molar-refractivity contribution in [2.75, 3.05) is 7.11 Å². The van der Waals surface area contributed by atoms with Crippen LogP contribution < -0.4 is 10.2 Å². The van der Waals surface area contributed by atoms with Crippen LogP contribution in [0, 0.1) is 5.82 Å². The SMILES string of the molecule is COc1ccc(C2=NN[C@H](c3ccccc3F)C2)c(O)c1. The number of ether oxygens (including phenoxy) is 1. The standard InChI is InChI=1S/C16H15FN2O2/c1-21-10-6-7-12(16(20)8-10)15-9-14(18-19-15)11-4-2-3-5-13(11)17/h2-8,14,18,20H,9H2,1H3/t14-/m0/s1. The smallest absolute Gasteiger partial charge is 0.128 e.